The van der Waals surface area contributed by atoms with Gasteiger partial charge in [0.05, 0.1) is 0 Å². The maximum atomic E-state index is 2.22. The van der Waals surface area contributed by atoms with Gasteiger partial charge in [0.1, 0.15) is 0 Å². The fourth-order valence-electron chi connectivity index (χ4n) is 1.94. The van der Waals surface area contributed by atoms with E-state index < -0.39 is 0 Å². The highest BCUT2D eigenvalue weighted by Crippen LogP contribution is 2.32. The van der Waals surface area contributed by atoms with E-state index in [1.54, 1.807) is 0 Å². The van der Waals surface area contributed by atoms with Crippen LogP contribution in [0.2, 0.25) is 0 Å². The lowest BCUT2D eigenvalue weighted by Crippen LogP contribution is -1.80. The van der Waals surface area contributed by atoms with Crippen molar-refractivity contribution in [2.75, 3.05) is 0 Å². The van der Waals surface area contributed by atoms with Gasteiger partial charge in [-0.2, -0.15) is 0 Å². The Morgan fingerprint density at radius 2 is 2.00 bits per heavy atom. The Morgan fingerprint density at radius 3 is 2.69 bits per heavy atom. The summed E-state index contributed by atoms with van der Waals surface area (Å²) < 4.78 is 0. The minimum absolute atomic E-state index is 1.10. The van der Waals surface area contributed by atoms with Crippen molar-refractivity contribution in [3.05, 3.63) is 53.1 Å². The van der Waals surface area contributed by atoms with E-state index in [1.165, 1.54) is 22.3 Å². The molecule has 0 amide bonds. The fourth-order valence-corrected chi connectivity index (χ4v) is 1.94. The van der Waals surface area contributed by atoms with Crippen molar-refractivity contribution >= 4 is 5.57 Å². The zero-order valence-corrected chi connectivity index (χ0v) is 8.17. The second kappa shape index (κ2) is 3.21. The summed E-state index contributed by atoms with van der Waals surface area (Å²) in [6, 6.07) is 8.65. The first-order valence-corrected chi connectivity index (χ1v) is 4.73. The highest BCUT2D eigenvalue weighted by atomic mass is 14.2. The molecule has 66 valence electrons. The van der Waals surface area contributed by atoms with Gasteiger partial charge in [0.15, 0.2) is 0 Å². The fraction of sp³-hybridized carbons (Fsp3) is 0.231. The van der Waals surface area contributed by atoms with E-state index in [0.717, 1.165) is 6.42 Å². The molecule has 0 heterocycles. The molecule has 0 nitrogen and oxygen atoms in total. The first-order valence-electron chi connectivity index (χ1n) is 4.73. The van der Waals surface area contributed by atoms with Crippen molar-refractivity contribution in [1.82, 2.24) is 0 Å². The Labute approximate surface area is 79.6 Å². The number of hydrogen-bond acceptors (Lipinski definition) is 0. The van der Waals surface area contributed by atoms with E-state index in [0.29, 0.717) is 0 Å². The topological polar surface area (TPSA) is 0 Å². The zero-order chi connectivity index (χ0) is 9.26. The van der Waals surface area contributed by atoms with Crippen molar-refractivity contribution in [2.45, 2.75) is 20.3 Å². The van der Waals surface area contributed by atoms with Gasteiger partial charge in [-0.3, -0.25) is 0 Å². The van der Waals surface area contributed by atoms with E-state index in [4.69, 9.17) is 0 Å². The van der Waals surface area contributed by atoms with Crippen LogP contribution in [0.3, 0.4) is 0 Å². The molecule has 1 aromatic carbocycles. The van der Waals surface area contributed by atoms with E-state index in [2.05, 4.69) is 50.3 Å². The number of fused-ring (bicyclic) bond motifs is 1. The quantitative estimate of drug-likeness (QED) is 0.604. The van der Waals surface area contributed by atoms with Crippen LogP contribution in [-0.4, -0.2) is 0 Å². The molecule has 1 aliphatic rings. The molecule has 0 fully saturated rings. The molecule has 1 aromatic rings. The summed E-state index contributed by atoms with van der Waals surface area (Å²) in [6.07, 6.45) is 5.44. The Morgan fingerprint density at radius 1 is 1.23 bits per heavy atom. The Hall–Kier alpha value is -1.30. The van der Waals surface area contributed by atoms with Crippen LogP contribution < -0.4 is 0 Å². The standard InChI is InChI=1S/C13H14/c1-3-6-11-9-12-7-4-5-8-13(12)10(11)2/h3-8H,9H2,1-2H3/b6-3-. The van der Waals surface area contributed by atoms with Gasteiger partial charge in [0.2, 0.25) is 0 Å². The van der Waals surface area contributed by atoms with Gasteiger partial charge in [-0.15, -0.1) is 0 Å². The number of allylic oxidation sites excluding steroid dienone is 4. The Bertz CT molecular complexity index is 381. The molecule has 13 heavy (non-hydrogen) atoms. The maximum absolute atomic E-state index is 2.22. The van der Waals surface area contributed by atoms with Crippen LogP contribution in [0.5, 0.6) is 0 Å². The highest BCUT2D eigenvalue weighted by Gasteiger charge is 2.14. The van der Waals surface area contributed by atoms with Gasteiger partial charge >= 0.3 is 0 Å². The smallest absolute Gasteiger partial charge is 0.00170 e. The second-order valence-electron chi connectivity index (χ2n) is 3.48. The summed E-state index contributed by atoms with van der Waals surface area (Å²) >= 11 is 0. The van der Waals surface area contributed by atoms with Gasteiger partial charge in [-0.05, 0) is 42.5 Å². The molecule has 0 N–H and O–H groups in total. The van der Waals surface area contributed by atoms with E-state index in [9.17, 15) is 0 Å². The van der Waals surface area contributed by atoms with Crippen LogP contribution in [0.15, 0.2) is 42.0 Å². The molecular formula is C13H14. The van der Waals surface area contributed by atoms with Crippen LogP contribution in [0.25, 0.3) is 5.57 Å². The molecule has 0 heteroatoms. The molecule has 0 aromatic heterocycles. The van der Waals surface area contributed by atoms with Crippen molar-refractivity contribution in [1.29, 1.82) is 0 Å². The summed E-state index contributed by atoms with van der Waals surface area (Å²) in [7, 11) is 0. The van der Waals surface area contributed by atoms with E-state index in [1.807, 2.05) is 0 Å². The van der Waals surface area contributed by atoms with Crippen LogP contribution in [-0.2, 0) is 6.42 Å². The molecule has 0 unspecified atom stereocenters. The molecule has 0 atom stereocenters. The summed E-state index contributed by atoms with van der Waals surface area (Å²) in [5.74, 6) is 0. The molecular weight excluding hydrogens is 156 g/mol. The first kappa shape index (κ1) is 8.31. The summed E-state index contributed by atoms with van der Waals surface area (Å²) in [5, 5.41) is 0. The largest absolute Gasteiger partial charge is 0.0874 e. The monoisotopic (exact) mass is 170 g/mol. The Kier molecular flexibility index (Phi) is 2.05. The summed E-state index contributed by atoms with van der Waals surface area (Å²) in [4.78, 5) is 0. The summed E-state index contributed by atoms with van der Waals surface area (Å²) in [6.45, 7) is 4.28. The highest BCUT2D eigenvalue weighted by molar-refractivity contribution is 5.76. The molecule has 2 rings (SSSR count). The molecule has 0 aliphatic heterocycles. The third kappa shape index (κ3) is 1.33. The zero-order valence-electron chi connectivity index (χ0n) is 8.17. The van der Waals surface area contributed by atoms with Crippen molar-refractivity contribution in [2.24, 2.45) is 0 Å². The third-order valence-electron chi connectivity index (χ3n) is 2.65. The molecule has 0 saturated heterocycles. The SMILES string of the molecule is C/C=C\C1=C(C)c2ccccc2C1. The first-order chi connectivity index (χ1) is 6.33. The second-order valence-corrected chi connectivity index (χ2v) is 3.48. The molecule has 0 saturated carbocycles. The predicted octanol–water partition coefficient (Wildman–Crippen LogP) is 3.59. The van der Waals surface area contributed by atoms with Crippen molar-refractivity contribution in [3.63, 3.8) is 0 Å². The lowest BCUT2D eigenvalue weighted by Gasteiger charge is -1.97. The van der Waals surface area contributed by atoms with E-state index in [-0.39, 0.29) is 0 Å². The van der Waals surface area contributed by atoms with Gasteiger partial charge in [-0.25, -0.2) is 0 Å². The Balaban J connectivity index is 2.47. The van der Waals surface area contributed by atoms with Crippen molar-refractivity contribution < 1.29 is 0 Å². The van der Waals surface area contributed by atoms with Crippen LogP contribution >= 0.6 is 0 Å². The number of benzene rings is 1. The normalized spacial score (nSPS) is 15.5. The van der Waals surface area contributed by atoms with Gasteiger partial charge in [0, 0.05) is 0 Å². The predicted molar refractivity (Wildman–Crippen MR) is 57.6 cm³/mol. The molecule has 0 radical (unpaired) electrons. The number of hydrogen-bond donors (Lipinski definition) is 0. The lowest BCUT2D eigenvalue weighted by molar-refractivity contribution is 1.24. The lowest BCUT2D eigenvalue weighted by atomic mass is 10.1. The van der Waals surface area contributed by atoms with Crippen LogP contribution in [0.1, 0.15) is 25.0 Å². The molecule has 0 spiro atoms. The third-order valence-corrected chi connectivity index (χ3v) is 2.65. The minimum atomic E-state index is 1.10. The van der Waals surface area contributed by atoms with Gasteiger partial charge < -0.3 is 0 Å². The average Bonchev–Trinajstić information content (AvgIpc) is 2.46. The van der Waals surface area contributed by atoms with Gasteiger partial charge in [0.25, 0.3) is 0 Å². The average molecular weight is 170 g/mol. The van der Waals surface area contributed by atoms with Gasteiger partial charge in [-0.1, -0.05) is 36.4 Å². The van der Waals surface area contributed by atoms with Crippen LogP contribution in [0.4, 0.5) is 0 Å². The van der Waals surface area contributed by atoms with Crippen LogP contribution in [0, 0.1) is 0 Å². The molecule has 0 bridgehead atoms. The molecule has 1 aliphatic carbocycles. The van der Waals surface area contributed by atoms with E-state index >= 15 is 0 Å². The maximum Gasteiger partial charge on any atom is -0.00170 e. The minimum Gasteiger partial charge on any atom is -0.0874 e. The van der Waals surface area contributed by atoms with Crippen molar-refractivity contribution in [3.8, 4) is 0 Å². The summed E-state index contributed by atoms with van der Waals surface area (Å²) in [5.41, 5.74) is 5.79. The number of rotatable bonds is 1.